The Bertz CT molecular complexity index is 464. The van der Waals surface area contributed by atoms with Crippen LogP contribution < -0.4 is 4.74 Å². The lowest BCUT2D eigenvalue weighted by molar-refractivity contribution is -0.384. The van der Waals surface area contributed by atoms with Gasteiger partial charge in [-0.3, -0.25) is 10.1 Å². The first kappa shape index (κ1) is 13.3. The third-order valence-corrected chi connectivity index (χ3v) is 3.29. The Morgan fingerprint density at radius 2 is 1.89 bits per heavy atom. The van der Waals surface area contributed by atoms with E-state index in [9.17, 15) is 14.9 Å². The largest absolute Gasteiger partial charge is 0.415 e. The highest BCUT2D eigenvalue weighted by atomic mass is 16.6. The van der Waals surface area contributed by atoms with Gasteiger partial charge in [0.1, 0.15) is 5.75 Å². The van der Waals surface area contributed by atoms with E-state index in [0.717, 1.165) is 12.8 Å². The second kappa shape index (κ2) is 5.69. The van der Waals surface area contributed by atoms with E-state index in [1.165, 1.54) is 24.3 Å². The van der Waals surface area contributed by atoms with Gasteiger partial charge in [0.2, 0.25) is 0 Å². The highest BCUT2D eigenvalue weighted by Gasteiger charge is 2.21. The van der Waals surface area contributed by atoms with Gasteiger partial charge in [-0.25, -0.2) is 4.79 Å². The second-order valence-corrected chi connectivity index (χ2v) is 4.79. The molecule has 0 bridgehead atoms. The van der Waals surface area contributed by atoms with Crippen molar-refractivity contribution in [2.24, 2.45) is 5.92 Å². The predicted molar refractivity (Wildman–Crippen MR) is 69.1 cm³/mol. The van der Waals surface area contributed by atoms with Gasteiger partial charge in [0.25, 0.3) is 5.69 Å². The molecule has 1 saturated heterocycles. The van der Waals surface area contributed by atoms with E-state index in [0.29, 0.717) is 24.8 Å². The standard InChI is InChI=1S/C13H16N2O4/c1-10-6-8-14(9-7-10)13(16)19-12-4-2-11(3-5-12)15(17)18/h2-5,10H,6-9H2,1H3. The van der Waals surface area contributed by atoms with Crippen LogP contribution in [0.25, 0.3) is 0 Å². The van der Waals surface area contributed by atoms with Crippen molar-refractivity contribution in [3.8, 4) is 5.75 Å². The van der Waals surface area contributed by atoms with Gasteiger partial charge in [-0.05, 0) is 30.9 Å². The zero-order valence-electron chi connectivity index (χ0n) is 10.7. The molecular formula is C13H16N2O4. The van der Waals surface area contributed by atoms with Gasteiger partial charge in [0.05, 0.1) is 4.92 Å². The number of carbonyl (C=O) groups excluding carboxylic acids is 1. The lowest BCUT2D eigenvalue weighted by atomic mass is 10.00. The van der Waals surface area contributed by atoms with E-state index in [4.69, 9.17) is 4.74 Å². The van der Waals surface area contributed by atoms with Crippen LogP contribution in [0.15, 0.2) is 24.3 Å². The Hall–Kier alpha value is -2.11. The average molecular weight is 264 g/mol. The van der Waals surface area contributed by atoms with Crippen molar-refractivity contribution in [1.82, 2.24) is 4.90 Å². The minimum atomic E-state index is -0.488. The molecule has 0 saturated carbocycles. The molecule has 1 aromatic carbocycles. The molecule has 1 fully saturated rings. The Kier molecular flexibility index (Phi) is 3.99. The number of non-ortho nitro benzene ring substituents is 1. The molecule has 1 heterocycles. The topological polar surface area (TPSA) is 72.7 Å². The molecule has 0 N–H and O–H groups in total. The number of carbonyl (C=O) groups is 1. The van der Waals surface area contributed by atoms with Crippen molar-refractivity contribution in [1.29, 1.82) is 0 Å². The minimum Gasteiger partial charge on any atom is -0.410 e. The zero-order chi connectivity index (χ0) is 13.8. The van der Waals surface area contributed by atoms with Crippen molar-refractivity contribution >= 4 is 11.8 Å². The van der Waals surface area contributed by atoms with Crippen LogP contribution in [0.5, 0.6) is 5.75 Å². The second-order valence-electron chi connectivity index (χ2n) is 4.79. The number of benzene rings is 1. The van der Waals surface area contributed by atoms with Gasteiger partial charge in [0, 0.05) is 25.2 Å². The van der Waals surface area contributed by atoms with E-state index < -0.39 is 4.92 Å². The average Bonchev–Trinajstić information content (AvgIpc) is 2.40. The SMILES string of the molecule is CC1CCN(C(=O)Oc2ccc([N+](=O)[O-])cc2)CC1. The van der Waals surface area contributed by atoms with Crippen LogP contribution in [0, 0.1) is 16.0 Å². The number of hydrogen-bond acceptors (Lipinski definition) is 4. The van der Waals surface area contributed by atoms with Crippen molar-refractivity contribution in [3.05, 3.63) is 34.4 Å². The van der Waals surface area contributed by atoms with Crippen molar-refractivity contribution < 1.29 is 14.5 Å². The van der Waals surface area contributed by atoms with Gasteiger partial charge in [0.15, 0.2) is 0 Å². The Balaban J connectivity index is 1.93. The van der Waals surface area contributed by atoms with Crippen LogP contribution in [-0.4, -0.2) is 29.0 Å². The molecule has 6 nitrogen and oxygen atoms in total. The molecule has 0 spiro atoms. The highest BCUT2D eigenvalue weighted by Crippen LogP contribution is 2.20. The van der Waals surface area contributed by atoms with Gasteiger partial charge in [-0.1, -0.05) is 6.92 Å². The number of piperidine rings is 1. The first-order valence-electron chi connectivity index (χ1n) is 6.27. The maximum atomic E-state index is 11.9. The molecule has 1 aromatic rings. The highest BCUT2D eigenvalue weighted by molar-refractivity contribution is 5.70. The summed E-state index contributed by atoms with van der Waals surface area (Å²) in [6, 6.07) is 5.51. The zero-order valence-corrected chi connectivity index (χ0v) is 10.7. The van der Waals surface area contributed by atoms with Crippen molar-refractivity contribution in [3.63, 3.8) is 0 Å². The molecule has 19 heavy (non-hydrogen) atoms. The quantitative estimate of drug-likeness (QED) is 0.608. The number of ether oxygens (including phenoxy) is 1. The van der Waals surface area contributed by atoms with Gasteiger partial charge < -0.3 is 9.64 Å². The van der Waals surface area contributed by atoms with E-state index in [-0.39, 0.29) is 11.8 Å². The van der Waals surface area contributed by atoms with Crippen LogP contribution in [0.2, 0.25) is 0 Å². The minimum absolute atomic E-state index is 0.0217. The molecular weight excluding hydrogens is 248 g/mol. The number of amides is 1. The predicted octanol–water partition coefficient (Wildman–Crippen LogP) is 2.83. The first-order valence-corrected chi connectivity index (χ1v) is 6.27. The summed E-state index contributed by atoms with van der Waals surface area (Å²) in [4.78, 5) is 23.5. The van der Waals surface area contributed by atoms with Crippen molar-refractivity contribution in [2.45, 2.75) is 19.8 Å². The third kappa shape index (κ3) is 3.43. The summed E-state index contributed by atoms with van der Waals surface area (Å²) in [5.74, 6) is 0.970. The van der Waals surface area contributed by atoms with Crippen LogP contribution >= 0.6 is 0 Å². The summed E-state index contributed by atoms with van der Waals surface area (Å²) < 4.78 is 5.19. The maximum absolute atomic E-state index is 11.9. The van der Waals surface area contributed by atoms with Crippen LogP contribution in [0.1, 0.15) is 19.8 Å². The van der Waals surface area contributed by atoms with Gasteiger partial charge in [-0.15, -0.1) is 0 Å². The molecule has 1 aliphatic heterocycles. The lowest BCUT2D eigenvalue weighted by Gasteiger charge is -2.29. The fourth-order valence-electron chi connectivity index (χ4n) is 1.99. The number of nitro groups is 1. The first-order chi connectivity index (χ1) is 9.06. The van der Waals surface area contributed by atoms with E-state index in [1.807, 2.05) is 0 Å². The number of nitrogens with zero attached hydrogens (tertiary/aromatic N) is 2. The molecule has 6 heteroatoms. The van der Waals surface area contributed by atoms with Gasteiger partial charge >= 0.3 is 6.09 Å². The fourth-order valence-corrected chi connectivity index (χ4v) is 1.99. The van der Waals surface area contributed by atoms with Gasteiger partial charge in [-0.2, -0.15) is 0 Å². The molecule has 102 valence electrons. The van der Waals surface area contributed by atoms with Crippen molar-refractivity contribution in [2.75, 3.05) is 13.1 Å². The fraction of sp³-hybridized carbons (Fsp3) is 0.462. The third-order valence-electron chi connectivity index (χ3n) is 3.29. The van der Waals surface area contributed by atoms with E-state index in [2.05, 4.69) is 6.92 Å². The Labute approximate surface area is 111 Å². The number of nitro benzene ring substituents is 1. The summed E-state index contributed by atoms with van der Waals surface area (Å²) >= 11 is 0. The molecule has 0 aliphatic carbocycles. The Morgan fingerprint density at radius 3 is 2.42 bits per heavy atom. The summed E-state index contributed by atoms with van der Waals surface area (Å²) in [7, 11) is 0. The number of rotatable bonds is 2. The molecule has 2 rings (SSSR count). The normalized spacial score (nSPS) is 16.2. The molecule has 0 radical (unpaired) electrons. The van der Waals surface area contributed by atoms with Crippen LogP contribution in [-0.2, 0) is 0 Å². The van der Waals surface area contributed by atoms with Crippen LogP contribution in [0.4, 0.5) is 10.5 Å². The molecule has 1 aliphatic rings. The number of hydrogen-bond donors (Lipinski definition) is 0. The maximum Gasteiger partial charge on any atom is 0.415 e. The van der Waals surface area contributed by atoms with Crippen LogP contribution in [0.3, 0.4) is 0 Å². The summed E-state index contributed by atoms with van der Waals surface area (Å²) in [5.41, 5.74) is -0.0217. The lowest BCUT2D eigenvalue weighted by Crippen LogP contribution is -2.39. The smallest absolute Gasteiger partial charge is 0.410 e. The molecule has 1 amide bonds. The van der Waals surface area contributed by atoms with E-state index >= 15 is 0 Å². The summed E-state index contributed by atoms with van der Waals surface area (Å²) in [6.45, 7) is 3.57. The Morgan fingerprint density at radius 1 is 1.32 bits per heavy atom. The molecule has 0 aromatic heterocycles. The monoisotopic (exact) mass is 264 g/mol. The molecule has 0 unspecified atom stereocenters. The number of likely N-dealkylation sites (tertiary alicyclic amines) is 1. The summed E-state index contributed by atoms with van der Waals surface area (Å²) in [5, 5.41) is 10.5. The van der Waals surface area contributed by atoms with E-state index in [1.54, 1.807) is 4.90 Å². The molecule has 0 atom stereocenters. The summed E-state index contributed by atoms with van der Waals surface area (Å²) in [6.07, 6.45) is 1.57.